The molecule has 0 aliphatic carbocycles. The summed E-state index contributed by atoms with van der Waals surface area (Å²) in [5.74, 6) is -3.41. The fraction of sp³-hybridized carbons (Fsp3) is 0.400. The number of hydrogen-bond acceptors (Lipinski definition) is 4. The summed E-state index contributed by atoms with van der Waals surface area (Å²) in [4.78, 5) is 30.6. The fourth-order valence-electron chi connectivity index (χ4n) is 0.242. The van der Waals surface area contributed by atoms with Gasteiger partial charge in [-0.3, -0.25) is 9.59 Å². The molecule has 0 amide bonds. The third-order valence-electron chi connectivity index (χ3n) is 0.585. The second-order valence-corrected chi connectivity index (χ2v) is 1.71. The van der Waals surface area contributed by atoms with Crippen molar-refractivity contribution in [2.24, 2.45) is 0 Å². The van der Waals surface area contributed by atoms with E-state index in [2.05, 4.69) is 4.74 Å². The summed E-state index contributed by atoms with van der Waals surface area (Å²) < 4.78 is 3.89. The van der Waals surface area contributed by atoms with Crippen molar-refractivity contribution in [3.63, 3.8) is 0 Å². The molecule has 0 spiro atoms. The average molecular weight is 165 g/mol. The van der Waals surface area contributed by atoms with E-state index in [1.165, 1.54) is 0 Å². The number of ether oxygens (including phenoxy) is 1. The Balaban J connectivity index is 3.86. The molecular formula is C5H5ClO4. The highest BCUT2D eigenvalue weighted by Gasteiger charge is 2.15. The van der Waals surface area contributed by atoms with Gasteiger partial charge in [0.25, 0.3) is 5.78 Å². The Hall–Kier alpha value is -0.900. The number of carbonyl (C=O) groups is 3. The zero-order chi connectivity index (χ0) is 8.15. The maximum atomic E-state index is 10.3. The lowest BCUT2D eigenvalue weighted by Gasteiger charge is -1.93. The van der Waals surface area contributed by atoms with Gasteiger partial charge in [-0.1, -0.05) is 0 Å². The standard InChI is InChI=1S/C5H5ClO4/c1-3(7)10-5(9)4(8)2-6/h2H2,1H3. The predicted molar refractivity (Wildman–Crippen MR) is 32.5 cm³/mol. The van der Waals surface area contributed by atoms with Crippen LogP contribution in [0.4, 0.5) is 0 Å². The third kappa shape index (κ3) is 3.19. The second kappa shape index (κ2) is 4.00. The number of rotatable bonds is 2. The zero-order valence-corrected chi connectivity index (χ0v) is 5.97. The predicted octanol–water partition coefficient (Wildman–Crippen LogP) is -0.116. The van der Waals surface area contributed by atoms with Gasteiger partial charge in [0.1, 0.15) is 0 Å². The van der Waals surface area contributed by atoms with Crippen LogP contribution in [0.2, 0.25) is 0 Å². The van der Waals surface area contributed by atoms with Crippen LogP contribution in [0, 0.1) is 0 Å². The average Bonchev–Trinajstić information content (AvgIpc) is 1.85. The van der Waals surface area contributed by atoms with Crippen molar-refractivity contribution < 1.29 is 19.1 Å². The Morgan fingerprint density at radius 1 is 1.40 bits per heavy atom. The van der Waals surface area contributed by atoms with E-state index in [0.717, 1.165) is 6.92 Å². The first-order chi connectivity index (χ1) is 4.57. The molecule has 0 aromatic rings. The van der Waals surface area contributed by atoms with E-state index in [-0.39, 0.29) is 0 Å². The van der Waals surface area contributed by atoms with Gasteiger partial charge in [0.15, 0.2) is 0 Å². The van der Waals surface area contributed by atoms with Crippen molar-refractivity contribution in [3.8, 4) is 0 Å². The minimum absolute atomic E-state index is 0.466. The molecule has 0 saturated heterocycles. The number of halogens is 1. The second-order valence-electron chi connectivity index (χ2n) is 1.44. The third-order valence-corrected chi connectivity index (χ3v) is 0.828. The molecule has 0 unspecified atom stereocenters. The molecule has 0 bridgehead atoms. The lowest BCUT2D eigenvalue weighted by atomic mass is 10.5. The molecular weight excluding hydrogens is 160 g/mol. The normalized spacial score (nSPS) is 8.60. The van der Waals surface area contributed by atoms with Gasteiger partial charge in [-0.15, -0.1) is 11.6 Å². The molecule has 0 aliphatic heterocycles. The molecule has 0 N–H and O–H groups in total. The number of esters is 2. The minimum Gasteiger partial charge on any atom is -0.387 e. The molecule has 0 atom stereocenters. The van der Waals surface area contributed by atoms with Gasteiger partial charge in [-0.2, -0.15) is 0 Å². The van der Waals surface area contributed by atoms with E-state index < -0.39 is 23.6 Å². The maximum absolute atomic E-state index is 10.3. The number of Topliss-reactive ketones (excluding diaryl/α,β-unsaturated/α-hetero) is 1. The van der Waals surface area contributed by atoms with E-state index >= 15 is 0 Å². The molecule has 0 radical (unpaired) electrons. The number of hydrogen-bond donors (Lipinski definition) is 0. The monoisotopic (exact) mass is 164 g/mol. The van der Waals surface area contributed by atoms with E-state index in [0.29, 0.717) is 0 Å². The van der Waals surface area contributed by atoms with Gasteiger partial charge in [-0.25, -0.2) is 4.79 Å². The lowest BCUT2D eigenvalue weighted by Crippen LogP contribution is -2.20. The highest BCUT2D eigenvalue weighted by atomic mass is 35.5. The van der Waals surface area contributed by atoms with Crippen LogP contribution in [0.5, 0.6) is 0 Å². The largest absolute Gasteiger partial charge is 0.387 e. The van der Waals surface area contributed by atoms with E-state index in [1.807, 2.05) is 0 Å². The Kier molecular flexibility index (Phi) is 3.64. The molecule has 0 aromatic carbocycles. The molecule has 56 valence electrons. The summed E-state index contributed by atoms with van der Waals surface area (Å²) in [6, 6.07) is 0. The van der Waals surface area contributed by atoms with Crippen LogP contribution < -0.4 is 0 Å². The van der Waals surface area contributed by atoms with Crippen LogP contribution >= 0.6 is 11.6 Å². The Labute approximate surface area is 62.1 Å². The molecule has 0 aromatic heterocycles. The molecule has 0 fully saturated rings. The lowest BCUT2D eigenvalue weighted by molar-refractivity contribution is -0.162. The molecule has 10 heavy (non-hydrogen) atoms. The number of ketones is 1. The first-order valence-electron chi connectivity index (χ1n) is 2.39. The summed E-state index contributed by atoms with van der Waals surface area (Å²) in [6.07, 6.45) is 0. The fourth-order valence-corrected chi connectivity index (χ4v) is 0.351. The quantitative estimate of drug-likeness (QED) is 0.247. The van der Waals surface area contributed by atoms with E-state index in [9.17, 15) is 14.4 Å². The molecule has 0 heterocycles. The molecule has 0 saturated carbocycles. The van der Waals surface area contributed by atoms with Gasteiger partial charge in [0, 0.05) is 6.92 Å². The molecule has 0 rings (SSSR count). The first kappa shape index (κ1) is 9.10. The Bertz CT molecular complexity index is 174. The van der Waals surface area contributed by atoms with Crippen molar-refractivity contribution in [3.05, 3.63) is 0 Å². The highest BCUT2D eigenvalue weighted by molar-refractivity contribution is 6.45. The van der Waals surface area contributed by atoms with Crippen molar-refractivity contribution >= 4 is 29.3 Å². The number of alkyl halides is 1. The number of carbonyl (C=O) groups excluding carboxylic acids is 3. The van der Waals surface area contributed by atoms with Crippen LogP contribution in [0.15, 0.2) is 0 Å². The van der Waals surface area contributed by atoms with Gasteiger partial charge >= 0.3 is 11.9 Å². The summed E-state index contributed by atoms with van der Waals surface area (Å²) in [5, 5.41) is 0. The zero-order valence-electron chi connectivity index (χ0n) is 5.22. The van der Waals surface area contributed by atoms with Gasteiger partial charge in [0.05, 0.1) is 5.88 Å². The summed E-state index contributed by atoms with van der Waals surface area (Å²) in [5.41, 5.74) is 0. The first-order valence-corrected chi connectivity index (χ1v) is 2.93. The Morgan fingerprint density at radius 3 is 2.20 bits per heavy atom. The van der Waals surface area contributed by atoms with Crippen molar-refractivity contribution in [1.82, 2.24) is 0 Å². The van der Waals surface area contributed by atoms with Crippen LogP contribution in [0.1, 0.15) is 6.92 Å². The molecule has 0 aliphatic rings. The van der Waals surface area contributed by atoms with Gasteiger partial charge < -0.3 is 4.74 Å². The highest BCUT2D eigenvalue weighted by Crippen LogP contribution is 1.85. The van der Waals surface area contributed by atoms with Crippen molar-refractivity contribution in [1.29, 1.82) is 0 Å². The van der Waals surface area contributed by atoms with Gasteiger partial charge in [-0.05, 0) is 0 Å². The van der Waals surface area contributed by atoms with Crippen LogP contribution in [0.3, 0.4) is 0 Å². The van der Waals surface area contributed by atoms with Gasteiger partial charge in [0.2, 0.25) is 0 Å². The maximum Gasteiger partial charge on any atom is 0.383 e. The SMILES string of the molecule is CC(=O)OC(=O)C(=O)CCl. The van der Waals surface area contributed by atoms with E-state index in [4.69, 9.17) is 11.6 Å². The molecule has 5 heteroatoms. The van der Waals surface area contributed by atoms with E-state index in [1.54, 1.807) is 0 Å². The smallest absolute Gasteiger partial charge is 0.383 e. The van der Waals surface area contributed by atoms with Crippen LogP contribution in [0.25, 0.3) is 0 Å². The summed E-state index contributed by atoms with van der Waals surface area (Å²) in [6.45, 7) is 1.03. The van der Waals surface area contributed by atoms with Crippen LogP contribution in [-0.2, 0) is 19.1 Å². The van der Waals surface area contributed by atoms with Crippen LogP contribution in [-0.4, -0.2) is 23.6 Å². The Morgan fingerprint density at radius 2 is 1.90 bits per heavy atom. The van der Waals surface area contributed by atoms with Crippen molar-refractivity contribution in [2.75, 3.05) is 5.88 Å². The summed E-state index contributed by atoms with van der Waals surface area (Å²) >= 11 is 4.97. The topological polar surface area (TPSA) is 60.4 Å². The van der Waals surface area contributed by atoms with Crippen molar-refractivity contribution in [2.45, 2.75) is 6.92 Å². The molecule has 4 nitrogen and oxygen atoms in total. The minimum atomic E-state index is -1.21. The summed E-state index contributed by atoms with van der Waals surface area (Å²) in [7, 11) is 0.